The van der Waals surface area contributed by atoms with Gasteiger partial charge in [-0.3, -0.25) is 4.79 Å². The van der Waals surface area contributed by atoms with E-state index in [-0.39, 0.29) is 18.1 Å². The summed E-state index contributed by atoms with van der Waals surface area (Å²) in [5, 5.41) is 11.9. The van der Waals surface area contributed by atoms with E-state index in [0.717, 1.165) is 31.5 Å². The van der Waals surface area contributed by atoms with Crippen molar-refractivity contribution >= 4 is 5.97 Å². The van der Waals surface area contributed by atoms with Crippen molar-refractivity contribution in [3.63, 3.8) is 0 Å². The first-order valence-corrected chi connectivity index (χ1v) is 7.82. The van der Waals surface area contributed by atoms with Gasteiger partial charge in [0, 0.05) is 18.8 Å². The van der Waals surface area contributed by atoms with Gasteiger partial charge in [-0.2, -0.15) is 0 Å². The van der Waals surface area contributed by atoms with Crippen molar-refractivity contribution in [2.24, 2.45) is 5.92 Å². The third-order valence-corrected chi connectivity index (χ3v) is 4.39. The van der Waals surface area contributed by atoms with Gasteiger partial charge < -0.3 is 19.9 Å². The molecule has 0 bridgehead atoms. The molecule has 0 atom stereocenters. The summed E-state index contributed by atoms with van der Waals surface area (Å²) in [5.41, 5.74) is 0.333. The first-order chi connectivity index (χ1) is 10.4. The third-order valence-electron chi connectivity index (χ3n) is 4.39. The Morgan fingerprint density at radius 2 is 2.05 bits per heavy atom. The van der Waals surface area contributed by atoms with Crippen molar-refractivity contribution in [1.29, 1.82) is 0 Å². The Morgan fingerprint density at radius 1 is 1.36 bits per heavy atom. The molecule has 5 nitrogen and oxygen atoms in total. The van der Waals surface area contributed by atoms with Gasteiger partial charge in [-0.1, -0.05) is 6.07 Å². The Bertz CT molecular complexity index is 521. The zero-order valence-electron chi connectivity index (χ0n) is 13.6. The Hall–Kier alpha value is -1.75. The van der Waals surface area contributed by atoms with Crippen molar-refractivity contribution < 1.29 is 24.7 Å². The molecule has 122 valence electrons. The number of rotatable bonds is 5. The van der Waals surface area contributed by atoms with Crippen molar-refractivity contribution in [3.8, 4) is 11.5 Å². The highest BCUT2D eigenvalue weighted by Crippen LogP contribution is 2.29. The number of benzene rings is 1. The highest BCUT2D eigenvalue weighted by molar-refractivity contribution is 5.73. The SMILES string of the molecule is COc1cc(CC(=O)OC(C)(C)C2CC[NH2+]CC2)ccc1O. The monoisotopic (exact) mass is 308 g/mol. The van der Waals surface area contributed by atoms with E-state index in [2.05, 4.69) is 5.32 Å². The van der Waals surface area contributed by atoms with E-state index in [1.807, 2.05) is 13.8 Å². The summed E-state index contributed by atoms with van der Waals surface area (Å²) in [4.78, 5) is 12.2. The van der Waals surface area contributed by atoms with Crippen molar-refractivity contribution in [3.05, 3.63) is 23.8 Å². The highest BCUT2D eigenvalue weighted by atomic mass is 16.6. The summed E-state index contributed by atoms with van der Waals surface area (Å²) < 4.78 is 10.8. The van der Waals surface area contributed by atoms with Crippen molar-refractivity contribution in [2.45, 2.75) is 38.7 Å². The molecule has 0 amide bonds. The lowest BCUT2D eigenvalue weighted by molar-refractivity contribution is -0.665. The van der Waals surface area contributed by atoms with E-state index in [0.29, 0.717) is 11.7 Å². The molecular formula is C17H26NO4+. The number of hydrogen-bond donors (Lipinski definition) is 2. The van der Waals surface area contributed by atoms with Crippen LogP contribution in [0.2, 0.25) is 0 Å². The molecule has 0 saturated carbocycles. The van der Waals surface area contributed by atoms with Crippen molar-refractivity contribution in [2.75, 3.05) is 20.2 Å². The molecule has 0 aromatic heterocycles. The predicted octanol–water partition coefficient (Wildman–Crippen LogP) is 1.24. The van der Waals surface area contributed by atoms with Gasteiger partial charge >= 0.3 is 5.97 Å². The van der Waals surface area contributed by atoms with Crippen LogP contribution in [0.3, 0.4) is 0 Å². The van der Waals surface area contributed by atoms with Crippen molar-refractivity contribution in [1.82, 2.24) is 0 Å². The van der Waals surface area contributed by atoms with Gasteiger partial charge in [-0.05, 0) is 31.5 Å². The number of aromatic hydroxyl groups is 1. The number of esters is 1. The molecule has 5 heteroatoms. The summed E-state index contributed by atoms with van der Waals surface area (Å²) in [6, 6.07) is 4.91. The standard InChI is InChI=1S/C17H25NO4/c1-17(2,13-6-8-18-9-7-13)22-16(20)11-12-4-5-14(19)15(10-12)21-3/h4-5,10,13,18-19H,6-9,11H2,1-3H3/p+1. The van der Waals surface area contributed by atoms with Gasteiger partial charge in [-0.15, -0.1) is 0 Å². The minimum atomic E-state index is -0.438. The Kier molecular flexibility index (Phi) is 5.29. The number of nitrogens with two attached hydrogens (primary N) is 1. The topological polar surface area (TPSA) is 72.4 Å². The molecule has 1 heterocycles. The summed E-state index contributed by atoms with van der Waals surface area (Å²) in [6.45, 7) is 6.19. The molecular weight excluding hydrogens is 282 g/mol. The lowest BCUT2D eigenvalue weighted by Crippen LogP contribution is -2.86. The molecule has 1 fully saturated rings. The number of piperidine rings is 1. The maximum Gasteiger partial charge on any atom is 0.310 e. The quantitative estimate of drug-likeness (QED) is 0.803. The van der Waals surface area contributed by atoms with Gasteiger partial charge in [0.25, 0.3) is 0 Å². The average molecular weight is 308 g/mol. The molecule has 1 saturated heterocycles. The number of ether oxygens (including phenoxy) is 2. The first-order valence-electron chi connectivity index (χ1n) is 7.82. The van der Waals surface area contributed by atoms with Gasteiger partial charge in [-0.25, -0.2) is 0 Å². The average Bonchev–Trinajstić information content (AvgIpc) is 2.49. The second-order valence-corrected chi connectivity index (χ2v) is 6.40. The number of phenols is 1. The van der Waals surface area contributed by atoms with Crippen LogP contribution < -0.4 is 10.1 Å². The molecule has 0 radical (unpaired) electrons. The first kappa shape index (κ1) is 16.6. The highest BCUT2D eigenvalue weighted by Gasteiger charge is 2.35. The van der Waals surface area contributed by atoms with Crippen LogP contribution in [-0.4, -0.2) is 36.9 Å². The number of quaternary nitrogens is 1. The molecule has 0 unspecified atom stereocenters. The predicted molar refractivity (Wildman–Crippen MR) is 82.9 cm³/mol. The second kappa shape index (κ2) is 7.01. The van der Waals surface area contributed by atoms with E-state index in [1.54, 1.807) is 12.1 Å². The lowest BCUT2D eigenvalue weighted by atomic mass is 9.83. The van der Waals surface area contributed by atoms with E-state index < -0.39 is 5.60 Å². The smallest absolute Gasteiger partial charge is 0.310 e. The van der Waals surface area contributed by atoms with E-state index in [9.17, 15) is 9.90 Å². The molecule has 1 aliphatic rings. The minimum absolute atomic E-state index is 0.0680. The van der Waals surface area contributed by atoms with Crippen LogP contribution >= 0.6 is 0 Å². The molecule has 1 aromatic rings. The summed E-state index contributed by atoms with van der Waals surface area (Å²) >= 11 is 0. The molecule has 2 rings (SSSR count). The van der Waals surface area contributed by atoms with Gasteiger partial charge in [0.2, 0.25) is 0 Å². The van der Waals surface area contributed by atoms with Crippen LogP contribution in [0.15, 0.2) is 18.2 Å². The molecule has 3 N–H and O–H groups in total. The minimum Gasteiger partial charge on any atom is -0.504 e. The Labute approximate surface area is 131 Å². The maximum atomic E-state index is 12.2. The lowest BCUT2D eigenvalue weighted by Gasteiger charge is -2.35. The molecule has 1 aromatic carbocycles. The van der Waals surface area contributed by atoms with Crippen LogP contribution in [0.5, 0.6) is 11.5 Å². The van der Waals surface area contributed by atoms with E-state index in [4.69, 9.17) is 9.47 Å². The zero-order valence-corrected chi connectivity index (χ0v) is 13.6. The fraction of sp³-hybridized carbons (Fsp3) is 0.588. The second-order valence-electron chi connectivity index (χ2n) is 6.40. The number of carbonyl (C=O) groups excluding carboxylic acids is 1. The number of methoxy groups -OCH3 is 1. The number of hydrogen-bond acceptors (Lipinski definition) is 4. The maximum absolute atomic E-state index is 12.2. The fourth-order valence-electron chi connectivity index (χ4n) is 3.03. The van der Waals surface area contributed by atoms with E-state index >= 15 is 0 Å². The molecule has 1 aliphatic heterocycles. The summed E-state index contributed by atoms with van der Waals surface area (Å²) in [6.07, 6.45) is 2.33. The molecule has 22 heavy (non-hydrogen) atoms. The summed E-state index contributed by atoms with van der Waals surface area (Å²) in [5.74, 6) is 0.605. The van der Waals surface area contributed by atoms with Gasteiger partial charge in [0.1, 0.15) is 5.60 Å². The number of phenolic OH excluding ortho intramolecular Hbond substituents is 1. The zero-order chi connectivity index (χ0) is 16.2. The van der Waals surface area contributed by atoms with Gasteiger partial charge in [0.15, 0.2) is 11.5 Å². The van der Waals surface area contributed by atoms with Gasteiger partial charge in [0.05, 0.1) is 26.6 Å². The normalized spacial score (nSPS) is 16.3. The Morgan fingerprint density at radius 3 is 2.68 bits per heavy atom. The third kappa shape index (κ3) is 4.13. The molecule has 0 aliphatic carbocycles. The van der Waals surface area contributed by atoms with Crippen LogP contribution in [0.1, 0.15) is 32.3 Å². The largest absolute Gasteiger partial charge is 0.504 e. The van der Waals surface area contributed by atoms with Crippen LogP contribution in [0.4, 0.5) is 0 Å². The van der Waals surface area contributed by atoms with Crippen LogP contribution in [-0.2, 0) is 16.0 Å². The Balaban J connectivity index is 1.97. The summed E-state index contributed by atoms with van der Waals surface area (Å²) in [7, 11) is 1.49. The van der Waals surface area contributed by atoms with E-state index in [1.165, 1.54) is 13.2 Å². The van der Waals surface area contributed by atoms with Crippen LogP contribution in [0, 0.1) is 5.92 Å². The van der Waals surface area contributed by atoms with Crippen LogP contribution in [0.25, 0.3) is 0 Å². The number of carbonyl (C=O) groups is 1. The molecule has 0 spiro atoms. The fourth-order valence-corrected chi connectivity index (χ4v) is 3.03.